The minimum absolute atomic E-state index is 0.151. The Morgan fingerprint density at radius 1 is 1.43 bits per heavy atom. The van der Waals surface area contributed by atoms with E-state index in [2.05, 4.69) is 5.32 Å². The molecule has 1 aliphatic rings. The third-order valence-electron chi connectivity index (χ3n) is 3.48. The number of unbranched alkanes of at least 4 members (excludes halogenated alkanes) is 1. The van der Waals surface area contributed by atoms with E-state index in [0.29, 0.717) is 37.3 Å². The van der Waals surface area contributed by atoms with Crippen LogP contribution >= 0.6 is 0 Å². The highest BCUT2D eigenvalue weighted by Gasteiger charge is 2.18. The number of hydrogen-bond donors (Lipinski definition) is 3. The van der Waals surface area contributed by atoms with Gasteiger partial charge in [0.05, 0.1) is 12.1 Å². The number of rotatable bonds is 6. The van der Waals surface area contributed by atoms with Gasteiger partial charge in [0.2, 0.25) is 0 Å². The molecule has 0 aliphatic carbocycles. The number of ether oxygens (including phenoxy) is 1. The SMILES string of the molecule is NC(CCCCC(=O)O)c1ccc2c(c1)C(=O)NCCO2. The minimum Gasteiger partial charge on any atom is -0.491 e. The third kappa shape index (κ3) is 4.19. The van der Waals surface area contributed by atoms with Crippen LogP contribution in [0.5, 0.6) is 5.75 Å². The van der Waals surface area contributed by atoms with Gasteiger partial charge in [0.25, 0.3) is 5.91 Å². The van der Waals surface area contributed by atoms with Gasteiger partial charge in [-0.1, -0.05) is 12.5 Å². The summed E-state index contributed by atoms with van der Waals surface area (Å²) in [7, 11) is 0. The highest BCUT2D eigenvalue weighted by Crippen LogP contribution is 2.26. The van der Waals surface area contributed by atoms with E-state index in [1.165, 1.54) is 0 Å². The Morgan fingerprint density at radius 3 is 3.00 bits per heavy atom. The third-order valence-corrected chi connectivity index (χ3v) is 3.48. The largest absolute Gasteiger partial charge is 0.491 e. The van der Waals surface area contributed by atoms with Crippen LogP contribution < -0.4 is 15.8 Å². The van der Waals surface area contributed by atoms with E-state index in [1.807, 2.05) is 6.07 Å². The van der Waals surface area contributed by atoms with Gasteiger partial charge >= 0.3 is 5.97 Å². The van der Waals surface area contributed by atoms with Gasteiger partial charge in [-0.25, -0.2) is 0 Å². The van der Waals surface area contributed by atoms with Gasteiger partial charge in [-0.05, 0) is 30.5 Å². The van der Waals surface area contributed by atoms with Crippen molar-refractivity contribution in [2.45, 2.75) is 31.7 Å². The molecule has 4 N–H and O–H groups in total. The van der Waals surface area contributed by atoms with Gasteiger partial charge in [0.1, 0.15) is 12.4 Å². The van der Waals surface area contributed by atoms with Crippen molar-refractivity contribution in [3.05, 3.63) is 29.3 Å². The average molecular weight is 292 g/mol. The molecule has 1 aromatic rings. The minimum atomic E-state index is -0.789. The van der Waals surface area contributed by atoms with Crippen molar-refractivity contribution >= 4 is 11.9 Å². The first-order valence-corrected chi connectivity index (χ1v) is 7.10. The number of carbonyl (C=O) groups is 2. The van der Waals surface area contributed by atoms with Gasteiger partial charge in [0, 0.05) is 12.5 Å². The average Bonchev–Trinajstić information content (AvgIpc) is 2.65. The molecule has 6 heteroatoms. The maximum atomic E-state index is 11.9. The van der Waals surface area contributed by atoms with E-state index in [0.717, 1.165) is 12.0 Å². The van der Waals surface area contributed by atoms with Gasteiger partial charge in [-0.3, -0.25) is 9.59 Å². The first-order chi connectivity index (χ1) is 10.1. The smallest absolute Gasteiger partial charge is 0.303 e. The summed E-state index contributed by atoms with van der Waals surface area (Å²) in [6.45, 7) is 0.948. The van der Waals surface area contributed by atoms with Crippen LogP contribution in [0.15, 0.2) is 18.2 Å². The van der Waals surface area contributed by atoms with Crippen LogP contribution in [0.3, 0.4) is 0 Å². The molecule has 1 atom stereocenters. The molecule has 21 heavy (non-hydrogen) atoms. The molecule has 6 nitrogen and oxygen atoms in total. The second-order valence-corrected chi connectivity index (χ2v) is 5.11. The number of amides is 1. The lowest BCUT2D eigenvalue weighted by atomic mass is 9.98. The Balaban J connectivity index is 2.00. The Kier molecular flexibility index (Phi) is 5.16. The number of carboxylic acid groups (broad SMARTS) is 1. The highest BCUT2D eigenvalue weighted by molar-refractivity contribution is 5.97. The van der Waals surface area contributed by atoms with E-state index < -0.39 is 5.97 Å². The van der Waals surface area contributed by atoms with Gasteiger partial charge in [-0.2, -0.15) is 0 Å². The number of carbonyl (C=O) groups excluding carboxylic acids is 1. The first-order valence-electron chi connectivity index (χ1n) is 7.10. The zero-order chi connectivity index (χ0) is 15.2. The molecule has 0 radical (unpaired) electrons. The topological polar surface area (TPSA) is 102 Å². The second-order valence-electron chi connectivity index (χ2n) is 5.11. The number of aliphatic carboxylic acids is 1. The summed E-state index contributed by atoms with van der Waals surface area (Å²) < 4.78 is 5.49. The fourth-order valence-electron chi connectivity index (χ4n) is 2.31. The Bertz CT molecular complexity index is 530. The number of hydrogen-bond acceptors (Lipinski definition) is 4. The van der Waals surface area contributed by atoms with E-state index in [4.69, 9.17) is 15.6 Å². The lowest BCUT2D eigenvalue weighted by molar-refractivity contribution is -0.137. The predicted octanol–water partition coefficient (Wildman–Crippen LogP) is 1.45. The maximum Gasteiger partial charge on any atom is 0.303 e. The fraction of sp³-hybridized carbons (Fsp3) is 0.467. The van der Waals surface area contributed by atoms with Crippen LogP contribution in [0.25, 0.3) is 0 Å². The molecule has 0 spiro atoms. The second kappa shape index (κ2) is 7.08. The first kappa shape index (κ1) is 15.3. The van der Waals surface area contributed by atoms with Crippen molar-refractivity contribution < 1.29 is 19.4 Å². The summed E-state index contributed by atoms with van der Waals surface area (Å²) in [5.74, 6) is -0.364. The van der Waals surface area contributed by atoms with E-state index in [-0.39, 0.29) is 18.4 Å². The lowest BCUT2D eigenvalue weighted by Crippen LogP contribution is -2.24. The number of benzene rings is 1. The van der Waals surface area contributed by atoms with Crippen LogP contribution in [0.2, 0.25) is 0 Å². The van der Waals surface area contributed by atoms with Crippen LogP contribution in [0.1, 0.15) is 47.6 Å². The maximum absolute atomic E-state index is 11.9. The zero-order valence-corrected chi connectivity index (χ0v) is 11.8. The molecule has 0 fully saturated rings. The molecular weight excluding hydrogens is 272 g/mol. The molecule has 1 unspecified atom stereocenters. The molecule has 1 heterocycles. The normalized spacial score (nSPS) is 15.4. The van der Waals surface area contributed by atoms with E-state index in [9.17, 15) is 9.59 Å². The molecule has 114 valence electrons. The number of fused-ring (bicyclic) bond motifs is 1. The fourth-order valence-corrected chi connectivity index (χ4v) is 2.31. The Hall–Kier alpha value is -2.08. The van der Waals surface area contributed by atoms with Crippen molar-refractivity contribution in [3.63, 3.8) is 0 Å². The molecule has 0 saturated heterocycles. The monoisotopic (exact) mass is 292 g/mol. The summed E-state index contributed by atoms with van der Waals surface area (Å²) in [4.78, 5) is 22.4. The van der Waals surface area contributed by atoms with E-state index >= 15 is 0 Å². The van der Waals surface area contributed by atoms with Crippen LogP contribution in [-0.2, 0) is 4.79 Å². The molecule has 1 aliphatic heterocycles. The molecular formula is C15H20N2O4. The predicted molar refractivity (Wildman–Crippen MR) is 77.3 cm³/mol. The molecule has 1 amide bonds. The van der Waals surface area contributed by atoms with E-state index in [1.54, 1.807) is 12.1 Å². The van der Waals surface area contributed by atoms with Crippen molar-refractivity contribution in [2.24, 2.45) is 5.73 Å². The Morgan fingerprint density at radius 2 is 2.24 bits per heavy atom. The molecule has 1 aromatic carbocycles. The summed E-state index contributed by atoms with van der Waals surface area (Å²) >= 11 is 0. The molecule has 0 aromatic heterocycles. The van der Waals surface area contributed by atoms with Crippen molar-refractivity contribution in [3.8, 4) is 5.75 Å². The summed E-state index contributed by atoms with van der Waals surface area (Å²) in [6.07, 6.45) is 2.20. The standard InChI is InChI=1S/C15H20N2O4/c16-12(3-1-2-4-14(18)19)10-5-6-13-11(9-10)15(20)17-7-8-21-13/h5-6,9,12H,1-4,7-8,16H2,(H,17,20)(H,18,19). The highest BCUT2D eigenvalue weighted by atomic mass is 16.5. The summed E-state index contributed by atoms with van der Waals surface area (Å²) in [6, 6.07) is 5.18. The number of carboxylic acids is 1. The lowest BCUT2D eigenvalue weighted by Gasteiger charge is -2.14. The molecule has 0 bridgehead atoms. The molecule has 2 rings (SSSR count). The van der Waals surface area contributed by atoms with Crippen molar-refractivity contribution in [1.29, 1.82) is 0 Å². The van der Waals surface area contributed by atoms with Crippen molar-refractivity contribution in [2.75, 3.05) is 13.2 Å². The van der Waals surface area contributed by atoms with Crippen LogP contribution in [-0.4, -0.2) is 30.1 Å². The van der Waals surface area contributed by atoms with Crippen LogP contribution in [0.4, 0.5) is 0 Å². The summed E-state index contributed by atoms with van der Waals surface area (Å²) in [5.41, 5.74) is 7.48. The number of nitrogens with one attached hydrogen (secondary N) is 1. The van der Waals surface area contributed by atoms with Gasteiger partial charge < -0.3 is 20.9 Å². The van der Waals surface area contributed by atoms with Gasteiger partial charge in [-0.15, -0.1) is 0 Å². The zero-order valence-electron chi connectivity index (χ0n) is 11.8. The van der Waals surface area contributed by atoms with Crippen molar-refractivity contribution in [1.82, 2.24) is 5.32 Å². The summed E-state index contributed by atoms with van der Waals surface area (Å²) in [5, 5.41) is 11.4. The Labute approximate surface area is 123 Å². The number of nitrogens with two attached hydrogens (primary N) is 1. The van der Waals surface area contributed by atoms with Crippen LogP contribution in [0, 0.1) is 0 Å². The molecule has 0 saturated carbocycles. The van der Waals surface area contributed by atoms with Gasteiger partial charge in [0.15, 0.2) is 0 Å². The quantitative estimate of drug-likeness (QED) is 0.689.